The van der Waals surface area contributed by atoms with Crippen LogP contribution in [-0.2, 0) is 7.05 Å². The summed E-state index contributed by atoms with van der Waals surface area (Å²) in [5.41, 5.74) is -1.11. The van der Waals surface area contributed by atoms with Crippen molar-refractivity contribution in [3.05, 3.63) is 22.7 Å². The quantitative estimate of drug-likeness (QED) is 0.726. The molecule has 0 fully saturated rings. The third-order valence-electron chi connectivity index (χ3n) is 2.31. The molecule has 0 saturated heterocycles. The summed E-state index contributed by atoms with van der Waals surface area (Å²) in [6, 6.07) is 0. The van der Waals surface area contributed by atoms with E-state index >= 15 is 0 Å². The monoisotopic (exact) mass is 240 g/mol. The molecule has 1 aromatic rings. The van der Waals surface area contributed by atoms with Crippen molar-refractivity contribution in [1.82, 2.24) is 14.5 Å². The van der Waals surface area contributed by atoms with Crippen LogP contribution in [-0.4, -0.2) is 52.3 Å². The van der Waals surface area contributed by atoms with E-state index in [1.807, 2.05) is 19.0 Å². The zero-order valence-corrected chi connectivity index (χ0v) is 10.8. The lowest BCUT2D eigenvalue weighted by atomic mass is 10.1. The average Bonchev–Trinajstić information content (AvgIpc) is 2.18. The van der Waals surface area contributed by atoms with Gasteiger partial charge in [0.05, 0.1) is 5.60 Å². The Morgan fingerprint density at radius 3 is 2.82 bits per heavy atom. The van der Waals surface area contributed by atoms with Crippen molar-refractivity contribution in [2.75, 3.05) is 32.5 Å². The van der Waals surface area contributed by atoms with Gasteiger partial charge in [-0.1, -0.05) is 0 Å². The number of anilines is 1. The Labute approximate surface area is 101 Å². The number of aryl methyl sites for hydroxylation is 1. The standard InChI is InChI=1S/C11H20N4O2/c1-11(17,8-14(2)3)7-13-9-10(16)15(4)6-5-12-9/h5-6,17H,7-8H2,1-4H3,(H,12,13). The number of aromatic nitrogens is 2. The first-order valence-corrected chi connectivity index (χ1v) is 5.44. The van der Waals surface area contributed by atoms with E-state index in [4.69, 9.17) is 0 Å². The maximum atomic E-state index is 11.7. The molecule has 17 heavy (non-hydrogen) atoms. The zero-order chi connectivity index (χ0) is 13.1. The Kier molecular flexibility index (Phi) is 4.25. The second-order valence-corrected chi connectivity index (χ2v) is 4.78. The fraction of sp³-hybridized carbons (Fsp3) is 0.636. The van der Waals surface area contributed by atoms with Gasteiger partial charge in [-0.15, -0.1) is 0 Å². The van der Waals surface area contributed by atoms with Crippen molar-refractivity contribution in [3.63, 3.8) is 0 Å². The average molecular weight is 240 g/mol. The summed E-state index contributed by atoms with van der Waals surface area (Å²) in [5.74, 6) is 0.258. The van der Waals surface area contributed by atoms with E-state index in [9.17, 15) is 9.90 Å². The van der Waals surface area contributed by atoms with Crippen molar-refractivity contribution >= 4 is 5.82 Å². The Morgan fingerprint density at radius 2 is 2.24 bits per heavy atom. The molecular formula is C11H20N4O2. The van der Waals surface area contributed by atoms with Gasteiger partial charge < -0.3 is 19.9 Å². The molecule has 1 heterocycles. The van der Waals surface area contributed by atoms with Gasteiger partial charge in [0.25, 0.3) is 5.56 Å². The Balaban J connectivity index is 2.67. The number of hydrogen-bond acceptors (Lipinski definition) is 5. The van der Waals surface area contributed by atoms with Gasteiger partial charge in [0.1, 0.15) is 0 Å². The Hall–Kier alpha value is -1.40. The molecule has 0 saturated carbocycles. The zero-order valence-electron chi connectivity index (χ0n) is 10.8. The number of nitrogens with one attached hydrogen (secondary N) is 1. The van der Waals surface area contributed by atoms with Crippen LogP contribution in [0, 0.1) is 0 Å². The van der Waals surface area contributed by atoms with Gasteiger partial charge in [-0.3, -0.25) is 4.79 Å². The van der Waals surface area contributed by atoms with Gasteiger partial charge in [-0.05, 0) is 21.0 Å². The van der Waals surface area contributed by atoms with E-state index in [-0.39, 0.29) is 17.9 Å². The molecule has 2 N–H and O–H groups in total. The summed E-state index contributed by atoms with van der Waals surface area (Å²) in [7, 11) is 5.43. The van der Waals surface area contributed by atoms with Crippen LogP contribution in [0.1, 0.15) is 6.92 Å². The van der Waals surface area contributed by atoms with E-state index < -0.39 is 5.60 Å². The van der Waals surface area contributed by atoms with E-state index in [1.165, 1.54) is 4.57 Å². The van der Waals surface area contributed by atoms with Crippen LogP contribution in [0.2, 0.25) is 0 Å². The predicted octanol–water partition coefficient (Wildman–Crippen LogP) is -0.495. The van der Waals surface area contributed by atoms with Crippen LogP contribution in [0.5, 0.6) is 0 Å². The minimum Gasteiger partial charge on any atom is -0.387 e. The molecule has 0 aromatic carbocycles. The Bertz CT molecular complexity index is 426. The van der Waals surface area contributed by atoms with Crippen LogP contribution in [0.3, 0.4) is 0 Å². The number of likely N-dealkylation sites (N-methyl/N-ethyl adjacent to an activating group) is 1. The third-order valence-corrected chi connectivity index (χ3v) is 2.31. The van der Waals surface area contributed by atoms with Gasteiger partial charge >= 0.3 is 0 Å². The molecule has 0 amide bonds. The molecule has 0 spiro atoms. The maximum Gasteiger partial charge on any atom is 0.293 e. The fourth-order valence-corrected chi connectivity index (χ4v) is 1.63. The minimum absolute atomic E-state index is 0.201. The lowest BCUT2D eigenvalue weighted by Gasteiger charge is -2.27. The molecular weight excluding hydrogens is 220 g/mol. The highest BCUT2D eigenvalue weighted by molar-refractivity contribution is 5.31. The van der Waals surface area contributed by atoms with Gasteiger partial charge in [-0.2, -0.15) is 0 Å². The SMILES string of the molecule is CN(C)CC(C)(O)CNc1nccn(C)c1=O. The van der Waals surface area contributed by atoms with Crippen LogP contribution >= 0.6 is 0 Å². The van der Waals surface area contributed by atoms with E-state index in [1.54, 1.807) is 26.4 Å². The van der Waals surface area contributed by atoms with Gasteiger partial charge in [-0.25, -0.2) is 4.98 Å². The van der Waals surface area contributed by atoms with Crippen molar-refractivity contribution in [2.45, 2.75) is 12.5 Å². The normalized spacial score (nSPS) is 14.7. The summed E-state index contributed by atoms with van der Waals surface area (Å²) in [6.07, 6.45) is 3.13. The van der Waals surface area contributed by atoms with E-state index in [0.717, 1.165) is 0 Å². The van der Waals surface area contributed by atoms with Crippen LogP contribution in [0.15, 0.2) is 17.2 Å². The first-order chi connectivity index (χ1) is 7.82. The topological polar surface area (TPSA) is 70.4 Å². The molecule has 1 atom stereocenters. The molecule has 0 aliphatic carbocycles. The summed E-state index contributed by atoms with van der Waals surface area (Å²) in [4.78, 5) is 17.5. The van der Waals surface area contributed by atoms with Crippen molar-refractivity contribution in [1.29, 1.82) is 0 Å². The lowest BCUT2D eigenvalue weighted by molar-refractivity contribution is 0.0459. The highest BCUT2D eigenvalue weighted by atomic mass is 16.3. The predicted molar refractivity (Wildman–Crippen MR) is 67.1 cm³/mol. The minimum atomic E-state index is -0.911. The van der Waals surface area contributed by atoms with Gasteiger partial charge in [0.15, 0.2) is 5.82 Å². The first kappa shape index (κ1) is 13.7. The fourth-order valence-electron chi connectivity index (χ4n) is 1.63. The summed E-state index contributed by atoms with van der Waals surface area (Å²) >= 11 is 0. The summed E-state index contributed by atoms with van der Waals surface area (Å²) in [6.45, 7) is 2.50. The molecule has 6 nitrogen and oxygen atoms in total. The molecule has 0 aliphatic rings. The molecule has 0 radical (unpaired) electrons. The maximum absolute atomic E-state index is 11.7. The highest BCUT2D eigenvalue weighted by Crippen LogP contribution is 2.05. The molecule has 0 aliphatic heterocycles. The number of hydrogen-bond donors (Lipinski definition) is 2. The molecule has 6 heteroatoms. The van der Waals surface area contributed by atoms with Crippen molar-refractivity contribution < 1.29 is 5.11 Å². The molecule has 1 rings (SSSR count). The van der Waals surface area contributed by atoms with Gasteiger partial charge in [0.2, 0.25) is 0 Å². The summed E-state index contributed by atoms with van der Waals surface area (Å²) < 4.78 is 1.44. The smallest absolute Gasteiger partial charge is 0.293 e. The summed E-state index contributed by atoms with van der Waals surface area (Å²) in [5, 5.41) is 12.9. The number of rotatable bonds is 5. The van der Waals surface area contributed by atoms with E-state index in [2.05, 4.69) is 10.3 Å². The largest absolute Gasteiger partial charge is 0.387 e. The van der Waals surface area contributed by atoms with E-state index in [0.29, 0.717) is 6.54 Å². The lowest BCUT2D eigenvalue weighted by Crippen LogP contribution is -2.43. The second-order valence-electron chi connectivity index (χ2n) is 4.78. The number of aliphatic hydroxyl groups is 1. The van der Waals surface area contributed by atoms with Crippen LogP contribution in [0.4, 0.5) is 5.82 Å². The molecule has 1 unspecified atom stereocenters. The third kappa shape index (κ3) is 4.16. The van der Waals surface area contributed by atoms with Crippen LogP contribution in [0.25, 0.3) is 0 Å². The molecule has 1 aromatic heterocycles. The van der Waals surface area contributed by atoms with Crippen LogP contribution < -0.4 is 10.9 Å². The van der Waals surface area contributed by atoms with Crippen molar-refractivity contribution in [2.24, 2.45) is 7.05 Å². The van der Waals surface area contributed by atoms with Crippen molar-refractivity contribution in [3.8, 4) is 0 Å². The first-order valence-electron chi connectivity index (χ1n) is 5.44. The number of nitrogens with zero attached hydrogens (tertiary/aromatic N) is 3. The second kappa shape index (κ2) is 5.29. The highest BCUT2D eigenvalue weighted by Gasteiger charge is 2.21. The molecule has 0 bridgehead atoms. The molecule has 96 valence electrons. The Morgan fingerprint density at radius 1 is 1.59 bits per heavy atom. The van der Waals surface area contributed by atoms with Gasteiger partial charge in [0, 0.05) is 32.5 Å².